The lowest BCUT2D eigenvalue weighted by molar-refractivity contribution is 0.730. The molecule has 0 amide bonds. The van der Waals surface area contributed by atoms with Crippen LogP contribution in [0.3, 0.4) is 0 Å². The second kappa shape index (κ2) is 39.0. The van der Waals surface area contributed by atoms with Gasteiger partial charge < -0.3 is 5.43 Å². The molecule has 0 spiro atoms. The lowest BCUT2D eigenvalue weighted by Crippen LogP contribution is -2.20. The van der Waals surface area contributed by atoms with Crippen LogP contribution >= 0.6 is 0 Å². The first-order chi connectivity index (χ1) is 4.91. The van der Waals surface area contributed by atoms with Gasteiger partial charge in [-0.1, -0.05) is 33.8 Å². The van der Waals surface area contributed by atoms with Crippen molar-refractivity contribution in [1.82, 2.24) is 10.9 Å². The first kappa shape index (κ1) is 16.2. The molecule has 0 fully saturated rings. The second-order valence-corrected chi connectivity index (χ2v) is 0.894. The monoisotopic (exact) mass is 146 g/mol. The molecule has 0 saturated heterocycles. The topological polar surface area (TPSA) is 24.1 Å². The number of hydrogen-bond donors (Lipinski definition) is 2. The van der Waals surface area contributed by atoms with E-state index < -0.39 is 0 Å². The van der Waals surface area contributed by atoms with Crippen molar-refractivity contribution in [3.8, 4) is 0 Å². The molecule has 0 aliphatic carbocycles. The van der Waals surface area contributed by atoms with Gasteiger partial charge in [0, 0.05) is 13.2 Å². The van der Waals surface area contributed by atoms with E-state index in [0.29, 0.717) is 0 Å². The molecule has 0 rings (SSSR count). The Kier molecular flexibility index (Phi) is 63.4. The van der Waals surface area contributed by atoms with Gasteiger partial charge in [0.25, 0.3) is 0 Å². The minimum atomic E-state index is 1.82. The molecule has 0 radical (unpaired) electrons. The zero-order valence-electron chi connectivity index (χ0n) is 8.15. The predicted molar refractivity (Wildman–Crippen MR) is 49.7 cm³/mol. The zero-order valence-corrected chi connectivity index (χ0v) is 8.15. The largest absolute Gasteiger partial charge is 0.329 e. The summed E-state index contributed by atoms with van der Waals surface area (Å²) in [7, 11) is 1.82. The maximum absolute atomic E-state index is 2.77. The molecule has 0 aromatic heterocycles. The quantitative estimate of drug-likeness (QED) is 0.584. The third kappa shape index (κ3) is 50.7. The number of hydrogen-bond acceptors (Lipinski definition) is 2. The molecular weight excluding hydrogens is 124 g/mol. The first-order valence-corrected chi connectivity index (χ1v) is 3.95. The van der Waals surface area contributed by atoms with Gasteiger partial charge in [-0.3, -0.25) is 0 Å². The molecule has 2 nitrogen and oxygen atoms in total. The molecule has 10 heavy (non-hydrogen) atoms. The second-order valence-electron chi connectivity index (χ2n) is 0.894. The van der Waals surface area contributed by atoms with Crippen LogP contribution in [0.25, 0.3) is 0 Å². The van der Waals surface area contributed by atoms with E-state index in [9.17, 15) is 0 Å². The minimum absolute atomic E-state index is 1.82. The lowest BCUT2D eigenvalue weighted by atomic mass is 10.7. The van der Waals surface area contributed by atoms with Crippen molar-refractivity contribution in [1.29, 1.82) is 0 Å². The Bertz CT molecular complexity index is 42.5. The Labute approximate surface area is 65.7 Å². The molecule has 2 N–H and O–H groups in total. The van der Waals surface area contributed by atoms with E-state index in [-0.39, 0.29) is 0 Å². The summed E-state index contributed by atoms with van der Waals surface area (Å²) >= 11 is 0. The van der Waals surface area contributed by atoms with Crippen molar-refractivity contribution < 1.29 is 0 Å². The van der Waals surface area contributed by atoms with Crippen LogP contribution in [0.1, 0.15) is 34.6 Å². The van der Waals surface area contributed by atoms with Gasteiger partial charge in [-0.15, -0.1) is 0 Å². The van der Waals surface area contributed by atoms with Crippen LogP contribution in [0, 0.1) is 0 Å². The molecule has 0 atom stereocenters. The Hall–Kier alpha value is -0.500. The summed E-state index contributed by atoms with van der Waals surface area (Å²) in [4.78, 5) is 0. The summed E-state index contributed by atoms with van der Waals surface area (Å²) in [6, 6.07) is 0. The highest BCUT2D eigenvalue weighted by Crippen LogP contribution is 1.53. The fourth-order valence-electron chi connectivity index (χ4n) is 0.167. The van der Waals surface area contributed by atoms with Crippen molar-refractivity contribution in [3.05, 3.63) is 12.3 Å². The molecule has 0 aliphatic heterocycles. The van der Waals surface area contributed by atoms with Crippen LogP contribution in [0.15, 0.2) is 12.3 Å². The van der Waals surface area contributed by atoms with E-state index >= 15 is 0 Å². The molecule has 0 aromatic carbocycles. The maximum atomic E-state index is 2.77. The molecule has 0 saturated carbocycles. The van der Waals surface area contributed by atoms with Gasteiger partial charge in [-0.2, -0.15) is 0 Å². The average molecular weight is 146 g/mol. The maximum Gasteiger partial charge on any atom is 0.00822 e. The van der Waals surface area contributed by atoms with E-state index in [2.05, 4.69) is 10.9 Å². The van der Waals surface area contributed by atoms with Crippen molar-refractivity contribution in [2.24, 2.45) is 0 Å². The van der Waals surface area contributed by atoms with Crippen LogP contribution in [0.4, 0.5) is 0 Å². The molecule has 0 aromatic rings. The predicted octanol–water partition coefficient (Wildman–Crippen LogP) is 2.30. The highest BCUT2D eigenvalue weighted by molar-refractivity contribution is 4.70. The van der Waals surface area contributed by atoms with Gasteiger partial charge in [0.15, 0.2) is 0 Å². The normalized spacial score (nSPS) is 7.00. The van der Waals surface area contributed by atoms with Crippen LogP contribution in [0.5, 0.6) is 0 Å². The van der Waals surface area contributed by atoms with E-state index in [1.165, 1.54) is 0 Å². The lowest BCUT2D eigenvalue weighted by Gasteiger charge is -1.89. The molecular formula is C8H22N2. The van der Waals surface area contributed by atoms with Crippen LogP contribution in [0.2, 0.25) is 0 Å². The molecule has 64 valence electrons. The Morgan fingerprint density at radius 1 is 1.00 bits per heavy atom. The van der Waals surface area contributed by atoms with E-state index in [4.69, 9.17) is 0 Å². The summed E-state index contributed by atoms with van der Waals surface area (Å²) < 4.78 is 0. The van der Waals surface area contributed by atoms with Gasteiger partial charge in [-0.25, -0.2) is 5.43 Å². The SMILES string of the molecule is C/C=C\NNC.CC.CC. The van der Waals surface area contributed by atoms with Crippen molar-refractivity contribution >= 4 is 0 Å². The average Bonchev–Trinajstić information content (AvgIpc) is 2.08. The Morgan fingerprint density at radius 2 is 1.40 bits per heavy atom. The smallest absolute Gasteiger partial charge is 0.00822 e. The summed E-state index contributed by atoms with van der Waals surface area (Å²) in [6.45, 7) is 9.95. The Morgan fingerprint density at radius 3 is 1.50 bits per heavy atom. The van der Waals surface area contributed by atoms with Gasteiger partial charge in [0.2, 0.25) is 0 Å². The number of hydrazine groups is 1. The molecule has 0 unspecified atom stereocenters. The fourth-order valence-corrected chi connectivity index (χ4v) is 0.167. The highest BCUT2D eigenvalue weighted by Gasteiger charge is 1.54. The van der Waals surface area contributed by atoms with Crippen molar-refractivity contribution in [2.75, 3.05) is 7.05 Å². The third-order valence-electron chi connectivity index (χ3n) is 0.394. The fraction of sp³-hybridized carbons (Fsp3) is 0.750. The van der Waals surface area contributed by atoms with Crippen molar-refractivity contribution in [2.45, 2.75) is 34.6 Å². The zero-order chi connectivity index (χ0) is 8.83. The van der Waals surface area contributed by atoms with E-state index in [0.717, 1.165) is 0 Å². The minimum Gasteiger partial charge on any atom is -0.329 e. The summed E-state index contributed by atoms with van der Waals surface area (Å²) in [6.07, 6.45) is 3.73. The molecule has 0 heterocycles. The first-order valence-electron chi connectivity index (χ1n) is 3.95. The van der Waals surface area contributed by atoms with Crippen LogP contribution in [-0.4, -0.2) is 7.05 Å². The van der Waals surface area contributed by atoms with Crippen LogP contribution in [-0.2, 0) is 0 Å². The highest BCUT2D eigenvalue weighted by atomic mass is 15.3. The molecule has 0 aliphatic rings. The number of rotatable bonds is 2. The molecule has 0 bridgehead atoms. The standard InChI is InChI=1S/C4H10N2.2C2H6/c1-3-4-6-5-2;2*1-2/h3-6H,1-2H3;2*1-2H3/b4-3-;;. The van der Waals surface area contributed by atoms with Crippen molar-refractivity contribution in [3.63, 3.8) is 0 Å². The van der Waals surface area contributed by atoms with E-state index in [1.807, 2.05) is 53.9 Å². The number of allylic oxidation sites excluding steroid dienone is 1. The summed E-state index contributed by atoms with van der Waals surface area (Å²) in [5, 5.41) is 0. The van der Waals surface area contributed by atoms with Gasteiger partial charge in [0.1, 0.15) is 0 Å². The number of nitrogens with one attached hydrogen (secondary N) is 2. The summed E-state index contributed by atoms with van der Waals surface area (Å²) in [5.74, 6) is 0. The van der Waals surface area contributed by atoms with Gasteiger partial charge >= 0.3 is 0 Å². The Balaban J connectivity index is -0.000000105. The third-order valence-corrected chi connectivity index (χ3v) is 0.394. The van der Waals surface area contributed by atoms with Gasteiger partial charge in [-0.05, 0) is 6.92 Å². The summed E-state index contributed by atoms with van der Waals surface area (Å²) in [5.41, 5.74) is 5.50. The van der Waals surface area contributed by atoms with Crippen LogP contribution < -0.4 is 10.9 Å². The van der Waals surface area contributed by atoms with E-state index in [1.54, 1.807) is 0 Å². The molecule has 2 heteroatoms. The van der Waals surface area contributed by atoms with Gasteiger partial charge in [0.05, 0.1) is 0 Å².